The van der Waals surface area contributed by atoms with E-state index in [9.17, 15) is 5.11 Å². The first-order chi connectivity index (χ1) is 11.5. The summed E-state index contributed by atoms with van der Waals surface area (Å²) in [6.07, 6.45) is 3.57. The molecular weight excluding hydrogens is 304 g/mol. The summed E-state index contributed by atoms with van der Waals surface area (Å²) in [6, 6.07) is 7.72. The highest BCUT2D eigenvalue weighted by molar-refractivity contribution is 5.46. The second kappa shape index (κ2) is 6.52. The smallest absolute Gasteiger partial charge is 0.178 e. The van der Waals surface area contributed by atoms with E-state index in [1.54, 1.807) is 10.7 Å². The molecule has 0 aliphatic heterocycles. The van der Waals surface area contributed by atoms with Gasteiger partial charge in [0.1, 0.15) is 5.82 Å². The lowest BCUT2D eigenvalue weighted by molar-refractivity contribution is 0.301. The minimum Gasteiger partial charge on any atom is -0.395 e. The molecule has 0 fully saturated rings. The van der Waals surface area contributed by atoms with Gasteiger partial charge in [0, 0.05) is 30.9 Å². The summed E-state index contributed by atoms with van der Waals surface area (Å²) in [7, 11) is 0. The van der Waals surface area contributed by atoms with Crippen molar-refractivity contribution < 1.29 is 5.11 Å². The quantitative estimate of drug-likeness (QED) is 0.770. The number of aromatic nitrogens is 5. The number of aliphatic hydroxyl groups is 1. The van der Waals surface area contributed by atoms with Gasteiger partial charge in [-0.05, 0) is 23.8 Å². The summed E-state index contributed by atoms with van der Waals surface area (Å²) in [5.41, 5.74) is 1.62. The molecule has 126 valence electrons. The van der Waals surface area contributed by atoms with Gasteiger partial charge in [-0.1, -0.05) is 26.8 Å². The largest absolute Gasteiger partial charge is 0.395 e. The Labute approximate surface area is 141 Å². The van der Waals surface area contributed by atoms with Gasteiger partial charge in [0.25, 0.3) is 0 Å². The van der Waals surface area contributed by atoms with Crippen LogP contribution in [0.25, 0.3) is 5.65 Å². The molecule has 24 heavy (non-hydrogen) atoms. The summed E-state index contributed by atoms with van der Waals surface area (Å²) in [4.78, 5) is 6.16. The molecule has 0 atom stereocenters. The maximum atomic E-state index is 9.42. The standard InChI is InChI=1S/C17H22N6O/c1-17(2,3)16-20-19-14-6-7-15(21-23(14)16)22(9-10-24)12-13-5-4-8-18-11-13/h4-8,11,24H,9-10,12H2,1-3H3. The van der Waals surface area contributed by atoms with Crippen LogP contribution in [-0.2, 0) is 12.0 Å². The first-order valence-corrected chi connectivity index (χ1v) is 7.96. The van der Waals surface area contributed by atoms with E-state index in [0.29, 0.717) is 18.7 Å². The zero-order valence-electron chi connectivity index (χ0n) is 14.2. The fourth-order valence-corrected chi connectivity index (χ4v) is 2.52. The van der Waals surface area contributed by atoms with Crippen molar-refractivity contribution in [2.24, 2.45) is 0 Å². The lowest BCUT2D eigenvalue weighted by Gasteiger charge is -2.23. The van der Waals surface area contributed by atoms with Gasteiger partial charge in [-0.3, -0.25) is 4.98 Å². The topological polar surface area (TPSA) is 79.4 Å². The fraction of sp³-hybridized carbons (Fsp3) is 0.412. The highest BCUT2D eigenvalue weighted by Crippen LogP contribution is 2.22. The minimum absolute atomic E-state index is 0.0499. The molecule has 7 nitrogen and oxygen atoms in total. The second-order valence-corrected chi connectivity index (χ2v) is 6.74. The third-order valence-corrected chi connectivity index (χ3v) is 3.71. The van der Waals surface area contributed by atoms with E-state index < -0.39 is 0 Å². The number of aliphatic hydroxyl groups excluding tert-OH is 1. The Hall–Kier alpha value is -2.54. The SMILES string of the molecule is CC(C)(C)c1nnc2ccc(N(CCO)Cc3cccnc3)nn12. The molecule has 0 unspecified atom stereocenters. The monoisotopic (exact) mass is 326 g/mol. The van der Waals surface area contributed by atoms with Gasteiger partial charge in [-0.25, -0.2) is 0 Å². The Morgan fingerprint density at radius 2 is 2.00 bits per heavy atom. The van der Waals surface area contributed by atoms with Crippen LogP contribution in [0.15, 0.2) is 36.7 Å². The first kappa shape index (κ1) is 16.3. The number of anilines is 1. The molecule has 0 amide bonds. The van der Waals surface area contributed by atoms with E-state index in [0.717, 1.165) is 17.2 Å². The van der Waals surface area contributed by atoms with E-state index in [1.165, 1.54) is 0 Å². The van der Waals surface area contributed by atoms with Crippen molar-refractivity contribution in [1.82, 2.24) is 24.8 Å². The van der Waals surface area contributed by atoms with Crippen molar-refractivity contribution in [2.45, 2.75) is 32.7 Å². The minimum atomic E-state index is -0.157. The summed E-state index contributed by atoms with van der Waals surface area (Å²) >= 11 is 0. The second-order valence-electron chi connectivity index (χ2n) is 6.74. The average Bonchev–Trinajstić information content (AvgIpc) is 2.98. The average molecular weight is 326 g/mol. The van der Waals surface area contributed by atoms with Crippen molar-refractivity contribution in [2.75, 3.05) is 18.1 Å². The van der Waals surface area contributed by atoms with E-state index >= 15 is 0 Å². The Morgan fingerprint density at radius 1 is 1.17 bits per heavy atom. The van der Waals surface area contributed by atoms with Gasteiger partial charge in [-0.2, -0.15) is 4.52 Å². The molecule has 3 aromatic rings. The number of hydrogen-bond donors (Lipinski definition) is 1. The van der Waals surface area contributed by atoms with Crippen LogP contribution in [0.2, 0.25) is 0 Å². The number of rotatable bonds is 5. The molecule has 3 heterocycles. The molecule has 7 heteroatoms. The van der Waals surface area contributed by atoms with Gasteiger partial charge >= 0.3 is 0 Å². The lowest BCUT2D eigenvalue weighted by Crippen LogP contribution is -2.28. The molecule has 0 bridgehead atoms. The molecule has 0 aliphatic carbocycles. The predicted octanol–water partition coefficient (Wildman–Crippen LogP) is 1.82. The van der Waals surface area contributed by atoms with E-state index in [2.05, 4.69) is 36.0 Å². The highest BCUT2D eigenvalue weighted by Gasteiger charge is 2.22. The maximum Gasteiger partial charge on any atom is 0.178 e. The van der Waals surface area contributed by atoms with Crippen LogP contribution < -0.4 is 4.90 Å². The third kappa shape index (κ3) is 3.35. The van der Waals surface area contributed by atoms with Crippen LogP contribution in [0.3, 0.4) is 0 Å². The van der Waals surface area contributed by atoms with Crippen LogP contribution >= 0.6 is 0 Å². The zero-order chi connectivity index (χ0) is 17.2. The highest BCUT2D eigenvalue weighted by atomic mass is 16.3. The molecule has 0 saturated carbocycles. The van der Waals surface area contributed by atoms with Crippen LogP contribution in [-0.4, -0.2) is 43.1 Å². The molecular formula is C17H22N6O. The van der Waals surface area contributed by atoms with Gasteiger partial charge < -0.3 is 10.0 Å². The van der Waals surface area contributed by atoms with Crippen molar-refractivity contribution in [1.29, 1.82) is 0 Å². The van der Waals surface area contributed by atoms with Gasteiger partial charge in [0.2, 0.25) is 0 Å². The van der Waals surface area contributed by atoms with E-state index in [-0.39, 0.29) is 12.0 Å². The molecule has 0 saturated heterocycles. The molecule has 0 spiro atoms. The van der Waals surface area contributed by atoms with Crippen LogP contribution in [0.1, 0.15) is 32.2 Å². The van der Waals surface area contributed by atoms with Crippen LogP contribution in [0, 0.1) is 0 Å². The Kier molecular flexibility index (Phi) is 4.44. The van der Waals surface area contributed by atoms with Crippen molar-refractivity contribution >= 4 is 11.5 Å². The van der Waals surface area contributed by atoms with Gasteiger partial charge in [-0.15, -0.1) is 15.3 Å². The third-order valence-electron chi connectivity index (χ3n) is 3.71. The summed E-state index contributed by atoms with van der Waals surface area (Å²) in [5.74, 6) is 1.58. The molecule has 0 aliphatic rings. The van der Waals surface area contributed by atoms with Crippen LogP contribution in [0.5, 0.6) is 0 Å². The maximum absolute atomic E-state index is 9.42. The first-order valence-electron chi connectivity index (χ1n) is 7.96. The van der Waals surface area contributed by atoms with Crippen molar-refractivity contribution in [3.63, 3.8) is 0 Å². The van der Waals surface area contributed by atoms with E-state index in [4.69, 9.17) is 5.10 Å². The number of hydrogen-bond acceptors (Lipinski definition) is 6. The molecule has 1 N–H and O–H groups in total. The lowest BCUT2D eigenvalue weighted by atomic mass is 9.96. The summed E-state index contributed by atoms with van der Waals surface area (Å²) in [5, 5.41) is 22.6. The zero-order valence-corrected chi connectivity index (χ0v) is 14.2. The number of fused-ring (bicyclic) bond motifs is 1. The van der Waals surface area contributed by atoms with Crippen LogP contribution in [0.4, 0.5) is 5.82 Å². The Balaban J connectivity index is 1.98. The molecule has 0 radical (unpaired) electrons. The molecule has 3 aromatic heterocycles. The van der Waals surface area contributed by atoms with Gasteiger partial charge in [0.05, 0.1) is 6.61 Å². The molecule has 0 aromatic carbocycles. The summed E-state index contributed by atoms with van der Waals surface area (Å²) in [6.45, 7) is 7.41. The fourth-order valence-electron chi connectivity index (χ4n) is 2.52. The van der Waals surface area contributed by atoms with Crippen molar-refractivity contribution in [3.8, 4) is 0 Å². The Bertz CT molecular complexity index is 809. The Morgan fingerprint density at radius 3 is 2.67 bits per heavy atom. The number of nitrogens with zero attached hydrogens (tertiary/aromatic N) is 6. The predicted molar refractivity (Wildman–Crippen MR) is 91.9 cm³/mol. The number of pyridine rings is 1. The van der Waals surface area contributed by atoms with Gasteiger partial charge in [0.15, 0.2) is 11.5 Å². The van der Waals surface area contributed by atoms with Crippen molar-refractivity contribution in [3.05, 3.63) is 48.0 Å². The molecule has 3 rings (SSSR count). The summed E-state index contributed by atoms with van der Waals surface area (Å²) < 4.78 is 1.78. The normalized spacial score (nSPS) is 11.8. The van der Waals surface area contributed by atoms with E-state index in [1.807, 2.05) is 35.4 Å².